The lowest BCUT2D eigenvalue weighted by Crippen LogP contribution is -2.26. The Hall–Kier alpha value is -3.22. The molecule has 6 heteroatoms. The number of aliphatic hydroxyl groups excluding tert-OH is 1. The third-order valence-corrected chi connectivity index (χ3v) is 5.04. The van der Waals surface area contributed by atoms with Gasteiger partial charge in [-0.3, -0.25) is 0 Å². The molecule has 0 saturated heterocycles. The van der Waals surface area contributed by atoms with Crippen molar-refractivity contribution in [2.45, 2.75) is 6.10 Å². The molecule has 0 fully saturated rings. The van der Waals surface area contributed by atoms with Gasteiger partial charge in [0.25, 0.3) is 0 Å². The maximum absolute atomic E-state index is 10.3. The molecule has 1 unspecified atom stereocenters. The van der Waals surface area contributed by atoms with Crippen molar-refractivity contribution < 1.29 is 14.9 Å². The summed E-state index contributed by atoms with van der Waals surface area (Å²) in [4.78, 5) is 3.41. The number of aromatic amines is 1. The van der Waals surface area contributed by atoms with Gasteiger partial charge in [0.05, 0.1) is 17.3 Å². The van der Waals surface area contributed by atoms with Crippen LogP contribution in [0.3, 0.4) is 0 Å². The number of aromatic hydroxyl groups is 1. The van der Waals surface area contributed by atoms with Crippen LogP contribution in [0.2, 0.25) is 0 Å². The van der Waals surface area contributed by atoms with Crippen molar-refractivity contribution in [3.63, 3.8) is 0 Å². The number of phenolic OH excluding ortho intramolecular Hbond substituents is 1. The van der Waals surface area contributed by atoms with Crippen LogP contribution in [0.15, 0.2) is 60.7 Å². The smallest absolute Gasteiger partial charge is 0.138 e. The SMILES string of the molecule is CNc1cc(C(O)CNCCOc2ccc3c(c2)[nH]c2ccccc23)ccc1O. The summed E-state index contributed by atoms with van der Waals surface area (Å²) in [5, 5.41) is 28.5. The maximum Gasteiger partial charge on any atom is 0.138 e. The average Bonchev–Trinajstić information content (AvgIpc) is 3.11. The predicted molar refractivity (Wildman–Crippen MR) is 117 cm³/mol. The highest BCUT2D eigenvalue weighted by Gasteiger charge is 2.10. The Labute approximate surface area is 169 Å². The number of hydrogen-bond donors (Lipinski definition) is 5. The first-order chi connectivity index (χ1) is 14.2. The van der Waals surface area contributed by atoms with Crippen LogP contribution < -0.4 is 15.4 Å². The second-order valence-electron chi connectivity index (χ2n) is 6.97. The first kappa shape index (κ1) is 19.1. The lowest BCUT2D eigenvalue weighted by atomic mass is 10.1. The molecule has 4 aromatic rings. The van der Waals surface area contributed by atoms with Gasteiger partial charge in [0.1, 0.15) is 18.1 Å². The number of benzene rings is 3. The van der Waals surface area contributed by atoms with Crippen molar-refractivity contribution in [2.75, 3.05) is 32.1 Å². The Morgan fingerprint density at radius 3 is 2.69 bits per heavy atom. The molecule has 150 valence electrons. The van der Waals surface area contributed by atoms with Crippen molar-refractivity contribution in [2.24, 2.45) is 0 Å². The number of aromatic nitrogens is 1. The van der Waals surface area contributed by atoms with Gasteiger partial charge in [0, 0.05) is 42.5 Å². The molecule has 0 aliphatic heterocycles. The highest BCUT2D eigenvalue weighted by atomic mass is 16.5. The summed E-state index contributed by atoms with van der Waals surface area (Å²) in [6, 6.07) is 19.3. The number of fused-ring (bicyclic) bond motifs is 3. The van der Waals surface area contributed by atoms with E-state index < -0.39 is 6.10 Å². The fourth-order valence-electron chi connectivity index (χ4n) is 3.48. The van der Waals surface area contributed by atoms with Crippen molar-refractivity contribution in [1.29, 1.82) is 0 Å². The summed E-state index contributed by atoms with van der Waals surface area (Å²) in [6.45, 7) is 1.51. The molecule has 0 aliphatic carbocycles. The molecule has 1 aromatic heterocycles. The van der Waals surface area contributed by atoms with Crippen molar-refractivity contribution in [3.8, 4) is 11.5 Å². The van der Waals surface area contributed by atoms with Crippen LogP contribution in [0.4, 0.5) is 5.69 Å². The quantitative estimate of drug-likeness (QED) is 0.233. The van der Waals surface area contributed by atoms with E-state index in [2.05, 4.69) is 33.8 Å². The van der Waals surface area contributed by atoms with Crippen LogP contribution in [-0.4, -0.2) is 41.9 Å². The Bertz CT molecular complexity index is 1120. The van der Waals surface area contributed by atoms with Crippen molar-refractivity contribution in [1.82, 2.24) is 10.3 Å². The van der Waals surface area contributed by atoms with E-state index in [4.69, 9.17) is 4.74 Å². The van der Waals surface area contributed by atoms with E-state index in [1.165, 1.54) is 10.8 Å². The highest BCUT2D eigenvalue weighted by molar-refractivity contribution is 6.07. The monoisotopic (exact) mass is 391 g/mol. The summed E-state index contributed by atoms with van der Waals surface area (Å²) in [5.74, 6) is 0.973. The standard InChI is InChI=1S/C23H25N3O3/c1-24-21-12-15(6-9-22(21)27)23(28)14-25-10-11-29-16-7-8-18-17-4-2-3-5-19(17)26-20(18)13-16/h2-9,12-13,23-28H,10-11,14H2,1H3. The van der Waals surface area contributed by atoms with Gasteiger partial charge in [-0.2, -0.15) is 0 Å². The molecule has 0 saturated carbocycles. The predicted octanol–water partition coefficient (Wildman–Crippen LogP) is 3.77. The molecule has 0 aliphatic rings. The Morgan fingerprint density at radius 1 is 1.00 bits per heavy atom. The van der Waals surface area contributed by atoms with Crippen LogP contribution in [0, 0.1) is 0 Å². The van der Waals surface area contributed by atoms with E-state index >= 15 is 0 Å². The number of phenols is 1. The molecule has 0 bridgehead atoms. The fourth-order valence-corrected chi connectivity index (χ4v) is 3.48. The van der Waals surface area contributed by atoms with Gasteiger partial charge in [-0.1, -0.05) is 24.3 Å². The van der Waals surface area contributed by atoms with Gasteiger partial charge in [-0.15, -0.1) is 0 Å². The topological polar surface area (TPSA) is 89.5 Å². The van der Waals surface area contributed by atoms with Crippen LogP contribution in [0.5, 0.6) is 11.5 Å². The van der Waals surface area contributed by atoms with E-state index in [0.717, 1.165) is 22.3 Å². The number of H-pyrrole nitrogens is 1. The van der Waals surface area contributed by atoms with Gasteiger partial charge in [0.2, 0.25) is 0 Å². The van der Waals surface area contributed by atoms with Crippen molar-refractivity contribution >= 4 is 27.5 Å². The Kier molecular flexibility index (Phi) is 5.55. The summed E-state index contributed by atoms with van der Waals surface area (Å²) < 4.78 is 5.84. The lowest BCUT2D eigenvalue weighted by molar-refractivity contribution is 0.172. The minimum Gasteiger partial charge on any atom is -0.506 e. The number of hydrogen-bond acceptors (Lipinski definition) is 5. The third kappa shape index (κ3) is 4.13. The molecule has 1 heterocycles. The average molecular weight is 391 g/mol. The molecule has 6 nitrogen and oxygen atoms in total. The zero-order valence-corrected chi connectivity index (χ0v) is 16.3. The normalized spacial score (nSPS) is 12.3. The van der Waals surface area contributed by atoms with Gasteiger partial charge in [-0.25, -0.2) is 0 Å². The molecule has 4 rings (SSSR count). The zero-order chi connectivity index (χ0) is 20.2. The second-order valence-corrected chi connectivity index (χ2v) is 6.97. The first-order valence-corrected chi connectivity index (χ1v) is 9.68. The minimum atomic E-state index is -0.662. The van der Waals surface area contributed by atoms with E-state index in [1.807, 2.05) is 24.3 Å². The molecule has 0 radical (unpaired) electrons. The fraction of sp³-hybridized carbons (Fsp3) is 0.217. The summed E-state index contributed by atoms with van der Waals surface area (Å²) in [7, 11) is 1.73. The largest absolute Gasteiger partial charge is 0.506 e. The molecular formula is C23H25N3O3. The highest BCUT2D eigenvalue weighted by Crippen LogP contribution is 2.28. The lowest BCUT2D eigenvalue weighted by Gasteiger charge is -2.14. The van der Waals surface area contributed by atoms with E-state index in [-0.39, 0.29) is 5.75 Å². The number of para-hydroxylation sites is 1. The maximum atomic E-state index is 10.3. The number of aliphatic hydroxyl groups is 1. The molecule has 1 atom stereocenters. The molecule has 29 heavy (non-hydrogen) atoms. The van der Waals surface area contributed by atoms with Crippen LogP contribution in [0.25, 0.3) is 21.8 Å². The number of ether oxygens (including phenoxy) is 1. The van der Waals surface area contributed by atoms with E-state index in [0.29, 0.717) is 25.4 Å². The van der Waals surface area contributed by atoms with Gasteiger partial charge >= 0.3 is 0 Å². The molecular weight excluding hydrogens is 366 g/mol. The summed E-state index contributed by atoms with van der Waals surface area (Å²) in [5.41, 5.74) is 3.51. The number of anilines is 1. The zero-order valence-electron chi connectivity index (χ0n) is 16.3. The molecule has 5 N–H and O–H groups in total. The van der Waals surface area contributed by atoms with Crippen molar-refractivity contribution in [3.05, 3.63) is 66.2 Å². The third-order valence-electron chi connectivity index (χ3n) is 5.04. The molecule has 3 aromatic carbocycles. The Morgan fingerprint density at radius 2 is 1.83 bits per heavy atom. The second kappa shape index (κ2) is 8.43. The molecule has 0 amide bonds. The first-order valence-electron chi connectivity index (χ1n) is 9.68. The van der Waals surface area contributed by atoms with E-state index in [9.17, 15) is 10.2 Å². The van der Waals surface area contributed by atoms with Crippen LogP contribution in [-0.2, 0) is 0 Å². The van der Waals surface area contributed by atoms with Gasteiger partial charge in [0.15, 0.2) is 0 Å². The number of rotatable bonds is 8. The number of nitrogens with one attached hydrogen (secondary N) is 3. The van der Waals surface area contributed by atoms with Gasteiger partial charge < -0.3 is 30.6 Å². The summed E-state index contributed by atoms with van der Waals surface area (Å²) >= 11 is 0. The van der Waals surface area contributed by atoms with Crippen LogP contribution >= 0.6 is 0 Å². The minimum absolute atomic E-state index is 0.164. The Balaban J connectivity index is 1.28. The summed E-state index contributed by atoms with van der Waals surface area (Å²) in [6.07, 6.45) is -0.662. The molecule has 0 spiro atoms. The van der Waals surface area contributed by atoms with Crippen LogP contribution in [0.1, 0.15) is 11.7 Å². The van der Waals surface area contributed by atoms with Gasteiger partial charge in [-0.05, 0) is 35.9 Å². The van der Waals surface area contributed by atoms with E-state index in [1.54, 1.807) is 25.2 Å².